The first kappa shape index (κ1) is 13.7. The summed E-state index contributed by atoms with van der Waals surface area (Å²) in [6.07, 6.45) is 0.566. The van der Waals surface area contributed by atoms with Crippen LogP contribution in [0, 0.1) is 0 Å². The summed E-state index contributed by atoms with van der Waals surface area (Å²) in [5.41, 5.74) is 6.97. The lowest BCUT2D eigenvalue weighted by Gasteiger charge is -2.21. The summed E-state index contributed by atoms with van der Waals surface area (Å²) in [6, 6.07) is 9.30. The van der Waals surface area contributed by atoms with Crippen LogP contribution in [0.4, 0.5) is 0 Å². The Kier molecular flexibility index (Phi) is 5.66. The van der Waals surface area contributed by atoms with Gasteiger partial charge in [-0.15, -0.1) is 0 Å². The Morgan fingerprint density at radius 1 is 1.41 bits per heavy atom. The van der Waals surface area contributed by atoms with Crippen molar-refractivity contribution in [2.45, 2.75) is 12.5 Å². The average molecular weight is 236 g/mol. The minimum Gasteiger partial charge on any atom is -0.383 e. The molecular formula is C13H20N2O2. The molecule has 17 heavy (non-hydrogen) atoms. The number of nitrogens with two attached hydrogens (primary N) is 1. The lowest BCUT2D eigenvalue weighted by molar-refractivity contribution is -0.131. The van der Waals surface area contributed by atoms with E-state index in [4.69, 9.17) is 10.5 Å². The van der Waals surface area contributed by atoms with Crippen LogP contribution in [0.25, 0.3) is 0 Å². The minimum absolute atomic E-state index is 0.0501. The fourth-order valence-corrected chi connectivity index (χ4v) is 1.58. The number of likely N-dealkylation sites (N-methyl/N-ethyl adjacent to an activating group) is 1. The maximum Gasteiger partial charge on any atom is 0.239 e. The van der Waals surface area contributed by atoms with Gasteiger partial charge >= 0.3 is 0 Å². The normalized spacial score (nSPS) is 12.2. The van der Waals surface area contributed by atoms with Crippen LogP contribution in [0.1, 0.15) is 5.56 Å². The molecule has 1 unspecified atom stereocenters. The van der Waals surface area contributed by atoms with E-state index in [0.29, 0.717) is 19.6 Å². The molecule has 1 atom stereocenters. The summed E-state index contributed by atoms with van der Waals surface area (Å²) < 4.78 is 4.93. The summed E-state index contributed by atoms with van der Waals surface area (Å²) >= 11 is 0. The largest absolute Gasteiger partial charge is 0.383 e. The van der Waals surface area contributed by atoms with Crippen molar-refractivity contribution in [2.24, 2.45) is 5.73 Å². The van der Waals surface area contributed by atoms with Crippen LogP contribution in [-0.4, -0.2) is 44.2 Å². The molecule has 1 rings (SSSR count). The van der Waals surface area contributed by atoms with Crippen molar-refractivity contribution in [3.8, 4) is 0 Å². The van der Waals surface area contributed by atoms with Gasteiger partial charge in [-0.1, -0.05) is 30.3 Å². The van der Waals surface area contributed by atoms with E-state index < -0.39 is 6.04 Å². The molecule has 0 saturated heterocycles. The maximum absolute atomic E-state index is 11.9. The fourth-order valence-electron chi connectivity index (χ4n) is 1.58. The Morgan fingerprint density at radius 2 is 2.06 bits per heavy atom. The number of methoxy groups -OCH3 is 1. The van der Waals surface area contributed by atoms with E-state index in [1.54, 1.807) is 19.1 Å². The van der Waals surface area contributed by atoms with Crippen LogP contribution in [0.5, 0.6) is 0 Å². The lowest BCUT2D eigenvalue weighted by Crippen LogP contribution is -2.44. The molecule has 4 nitrogen and oxygen atoms in total. The van der Waals surface area contributed by atoms with Crippen LogP contribution >= 0.6 is 0 Å². The molecule has 1 amide bonds. The Bertz CT molecular complexity index is 341. The first-order valence-corrected chi connectivity index (χ1v) is 5.68. The zero-order chi connectivity index (χ0) is 12.7. The van der Waals surface area contributed by atoms with Crippen molar-refractivity contribution in [3.05, 3.63) is 35.9 Å². The standard InChI is InChI=1S/C13H20N2O2/c1-15(8-9-17-2)13(16)12(14)10-11-6-4-3-5-7-11/h3-7,12H,8-10,14H2,1-2H3. The zero-order valence-corrected chi connectivity index (χ0v) is 10.4. The molecule has 0 bridgehead atoms. The zero-order valence-electron chi connectivity index (χ0n) is 10.4. The number of amides is 1. The van der Waals surface area contributed by atoms with Crippen molar-refractivity contribution in [3.63, 3.8) is 0 Å². The van der Waals surface area contributed by atoms with Gasteiger partial charge in [0.25, 0.3) is 0 Å². The molecule has 1 aromatic carbocycles. The number of carbonyl (C=O) groups is 1. The second-order valence-electron chi connectivity index (χ2n) is 4.05. The van der Waals surface area contributed by atoms with E-state index in [2.05, 4.69) is 0 Å². The topological polar surface area (TPSA) is 55.6 Å². The number of benzene rings is 1. The van der Waals surface area contributed by atoms with Gasteiger partial charge in [0.1, 0.15) is 0 Å². The first-order valence-electron chi connectivity index (χ1n) is 5.68. The van der Waals surface area contributed by atoms with Crippen molar-refractivity contribution in [1.29, 1.82) is 0 Å². The molecule has 4 heteroatoms. The van der Waals surface area contributed by atoms with Gasteiger partial charge < -0.3 is 15.4 Å². The minimum atomic E-state index is -0.487. The van der Waals surface area contributed by atoms with E-state index in [1.165, 1.54) is 0 Å². The predicted octanol–water partition coefficient (Wildman–Crippen LogP) is 0.661. The van der Waals surface area contributed by atoms with Crippen molar-refractivity contribution < 1.29 is 9.53 Å². The van der Waals surface area contributed by atoms with Gasteiger partial charge in [0.2, 0.25) is 5.91 Å². The van der Waals surface area contributed by atoms with Crippen LogP contribution in [-0.2, 0) is 16.0 Å². The fraction of sp³-hybridized carbons (Fsp3) is 0.462. The van der Waals surface area contributed by atoms with E-state index in [1.807, 2.05) is 30.3 Å². The van der Waals surface area contributed by atoms with Gasteiger partial charge in [-0.3, -0.25) is 4.79 Å². The van der Waals surface area contributed by atoms with Crippen LogP contribution in [0.15, 0.2) is 30.3 Å². The van der Waals surface area contributed by atoms with E-state index in [0.717, 1.165) is 5.56 Å². The highest BCUT2D eigenvalue weighted by atomic mass is 16.5. The molecule has 0 spiro atoms. The Labute approximate surface area is 102 Å². The van der Waals surface area contributed by atoms with Gasteiger partial charge in [0, 0.05) is 20.7 Å². The highest BCUT2D eigenvalue weighted by molar-refractivity contribution is 5.81. The van der Waals surface area contributed by atoms with E-state index >= 15 is 0 Å². The van der Waals surface area contributed by atoms with Gasteiger partial charge in [0.05, 0.1) is 12.6 Å². The molecule has 2 N–H and O–H groups in total. The summed E-state index contributed by atoms with van der Waals surface area (Å²) in [5, 5.41) is 0. The number of nitrogens with zero attached hydrogens (tertiary/aromatic N) is 1. The third kappa shape index (κ3) is 4.54. The van der Waals surface area contributed by atoms with Crippen molar-refractivity contribution in [1.82, 2.24) is 4.90 Å². The molecule has 0 aliphatic heterocycles. The third-order valence-corrected chi connectivity index (χ3v) is 2.62. The number of hydrogen-bond donors (Lipinski definition) is 1. The van der Waals surface area contributed by atoms with E-state index in [9.17, 15) is 4.79 Å². The Balaban J connectivity index is 2.47. The molecule has 0 radical (unpaired) electrons. The first-order chi connectivity index (χ1) is 8.15. The predicted molar refractivity (Wildman–Crippen MR) is 67.6 cm³/mol. The molecule has 0 aromatic heterocycles. The highest BCUT2D eigenvalue weighted by Crippen LogP contribution is 2.03. The Morgan fingerprint density at radius 3 is 2.65 bits per heavy atom. The van der Waals surface area contributed by atoms with E-state index in [-0.39, 0.29) is 5.91 Å². The summed E-state index contributed by atoms with van der Waals surface area (Å²) in [7, 11) is 3.36. The third-order valence-electron chi connectivity index (χ3n) is 2.62. The van der Waals surface area contributed by atoms with Gasteiger partial charge in [-0.25, -0.2) is 0 Å². The Hall–Kier alpha value is -1.39. The number of rotatable bonds is 6. The van der Waals surface area contributed by atoms with Gasteiger partial charge in [0.15, 0.2) is 0 Å². The highest BCUT2D eigenvalue weighted by Gasteiger charge is 2.17. The van der Waals surface area contributed by atoms with Crippen molar-refractivity contribution >= 4 is 5.91 Å². The maximum atomic E-state index is 11.9. The molecule has 0 saturated carbocycles. The molecule has 0 heterocycles. The van der Waals surface area contributed by atoms with Crippen LogP contribution in [0.3, 0.4) is 0 Å². The quantitative estimate of drug-likeness (QED) is 0.789. The second kappa shape index (κ2) is 7.04. The molecule has 94 valence electrons. The van der Waals surface area contributed by atoms with Crippen LogP contribution < -0.4 is 5.73 Å². The van der Waals surface area contributed by atoms with Gasteiger partial charge in [-0.05, 0) is 12.0 Å². The smallest absolute Gasteiger partial charge is 0.239 e. The number of ether oxygens (including phenoxy) is 1. The van der Waals surface area contributed by atoms with Crippen LogP contribution in [0.2, 0.25) is 0 Å². The number of carbonyl (C=O) groups excluding carboxylic acids is 1. The number of hydrogen-bond acceptors (Lipinski definition) is 3. The summed E-state index contributed by atoms with van der Waals surface area (Å²) in [4.78, 5) is 13.5. The molecule has 0 aliphatic carbocycles. The molecule has 0 fully saturated rings. The average Bonchev–Trinajstić information content (AvgIpc) is 2.36. The van der Waals surface area contributed by atoms with Crippen molar-refractivity contribution in [2.75, 3.05) is 27.3 Å². The molecular weight excluding hydrogens is 216 g/mol. The van der Waals surface area contributed by atoms with Gasteiger partial charge in [-0.2, -0.15) is 0 Å². The lowest BCUT2D eigenvalue weighted by atomic mass is 10.1. The molecule has 1 aromatic rings. The molecule has 0 aliphatic rings. The second-order valence-corrected chi connectivity index (χ2v) is 4.05. The summed E-state index contributed by atoms with van der Waals surface area (Å²) in [5.74, 6) is -0.0501. The SMILES string of the molecule is COCCN(C)C(=O)C(N)Cc1ccccc1. The summed E-state index contributed by atoms with van der Waals surface area (Å²) in [6.45, 7) is 1.10. The monoisotopic (exact) mass is 236 g/mol.